The molecule has 0 aromatic heterocycles. The second-order valence-electron chi connectivity index (χ2n) is 9.60. The summed E-state index contributed by atoms with van der Waals surface area (Å²) in [4.78, 5) is 5.07. The molecule has 0 bridgehead atoms. The Kier molecular flexibility index (Phi) is 6.53. The van der Waals surface area contributed by atoms with Gasteiger partial charge in [0.05, 0.1) is 12.0 Å². The van der Waals surface area contributed by atoms with Gasteiger partial charge in [0.25, 0.3) is 0 Å². The molecule has 2 atom stereocenters. The molecule has 3 aromatic rings. The molecule has 1 aliphatic carbocycles. The Hall–Kier alpha value is -2.96. The van der Waals surface area contributed by atoms with Crippen LogP contribution >= 0.6 is 7.92 Å². The molecule has 172 valence electrons. The van der Waals surface area contributed by atoms with Gasteiger partial charge in [-0.25, -0.2) is 4.99 Å². The molecular formula is C31H32NOP. The van der Waals surface area contributed by atoms with E-state index in [0.29, 0.717) is 6.61 Å². The molecule has 34 heavy (non-hydrogen) atoms. The van der Waals surface area contributed by atoms with Crippen molar-refractivity contribution >= 4 is 24.4 Å². The van der Waals surface area contributed by atoms with Crippen LogP contribution in [0.2, 0.25) is 0 Å². The highest BCUT2D eigenvalue weighted by molar-refractivity contribution is 7.76. The van der Waals surface area contributed by atoms with Crippen LogP contribution in [-0.4, -0.2) is 18.5 Å². The fourth-order valence-electron chi connectivity index (χ4n) is 5.09. The van der Waals surface area contributed by atoms with Gasteiger partial charge in [0.2, 0.25) is 0 Å². The van der Waals surface area contributed by atoms with E-state index in [1.165, 1.54) is 43.7 Å². The molecule has 0 saturated heterocycles. The number of allylic oxidation sites excluding steroid dienone is 2. The number of aliphatic imine (C=N–C) groups is 1. The summed E-state index contributed by atoms with van der Waals surface area (Å²) in [5.41, 5.74) is 6.56. The molecule has 0 spiro atoms. The van der Waals surface area contributed by atoms with Crippen molar-refractivity contribution in [2.75, 3.05) is 6.61 Å². The van der Waals surface area contributed by atoms with Crippen molar-refractivity contribution in [2.24, 2.45) is 10.9 Å². The molecule has 1 unspecified atom stereocenters. The first-order valence-electron chi connectivity index (χ1n) is 12.1. The highest BCUT2D eigenvalue weighted by Gasteiger charge is 2.34. The molecule has 0 saturated carbocycles. The summed E-state index contributed by atoms with van der Waals surface area (Å²) in [6, 6.07) is 24.8. The number of nitrogens with zero attached hydrogens (tertiary/aromatic N) is 1. The number of benzene rings is 3. The third-order valence-electron chi connectivity index (χ3n) is 6.39. The second-order valence-corrected chi connectivity index (χ2v) is 11.8. The molecule has 0 radical (unpaired) electrons. The molecule has 0 amide bonds. The zero-order valence-corrected chi connectivity index (χ0v) is 21.3. The van der Waals surface area contributed by atoms with Gasteiger partial charge in [0, 0.05) is 0 Å². The Morgan fingerprint density at radius 2 is 1.41 bits per heavy atom. The fourth-order valence-corrected chi connectivity index (χ4v) is 8.03. The van der Waals surface area contributed by atoms with Crippen LogP contribution in [0, 0.1) is 33.6 Å². The molecule has 0 fully saturated rings. The largest absolute Gasteiger partial charge is 0.478 e. The van der Waals surface area contributed by atoms with Crippen LogP contribution in [0.4, 0.5) is 0 Å². The predicted molar refractivity (Wildman–Crippen MR) is 146 cm³/mol. The maximum Gasteiger partial charge on any atom is 0.195 e. The molecule has 1 aliphatic heterocycles. The average molecular weight is 466 g/mol. The Morgan fingerprint density at radius 1 is 0.824 bits per heavy atom. The molecular weight excluding hydrogens is 433 g/mol. The van der Waals surface area contributed by atoms with Crippen LogP contribution in [0.1, 0.15) is 27.8 Å². The van der Waals surface area contributed by atoms with Crippen molar-refractivity contribution in [1.29, 1.82) is 0 Å². The fraction of sp³-hybridized carbons (Fsp3) is 0.258. The number of aryl methyl sites for hydroxylation is 4. The molecule has 3 heteroatoms. The maximum absolute atomic E-state index is 6.24. The van der Waals surface area contributed by atoms with Gasteiger partial charge in [-0.2, -0.15) is 0 Å². The van der Waals surface area contributed by atoms with Crippen LogP contribution in [0.25, 0.3) is 0 Å². The summed E-state index contributed by atoms with van der Waals surface area (Å²) in [5.74, 6) is 0.982. The minimum atomic E-state index is -0.697. The van der Waals surface area contributed by atoms with E-state index in [0.717, 1.165) is 12.3 Å². The molecule has 1 heterocycles. The van der Waals surface area contributed by atoms with E-state index in [1.54, 1.807) is 0 Å². The van der Waals surface area contributed by atoms with Gasteiger partial charge in [-0.05, 0) is 63.5 Å². The van der Waals surface area contributed by atoms with Crippen molar-refractivity contribution in [1.82, 2.24) is 0 Å². The Morgan fingerprint density at radius 3 is 2.00 bits per heavy atom. The van der Waals surface area contributed by atoms with E-state index in [4.69, 9.17) is 9.73 Å². The summed E-state index contributed by atoms with van der Waals surface area (Å²) in [6.07, 6.45) is 7.68. The monoisotopic (exact) mass is 465 g/mol. The van der Waals surface area contributed by atoms with E-state index >= 15 is 0 Å². The zero-order chi connectivity index (χ0) is 23.7. The number of hydrogen-bond acceptors (Lipinski definition) is 2. The van der Waals surface area contributed by atoms with Gasteiger partial charge in [-0.15, -0.1) is 0 Å². The third kappa shape index (κ3) is 4.93. The van der Waals surface area contributed by atoms with E-state index in [2.05, 4.69) is 113 Å². The standard InChI is InChI=1S/C31H32NOP/c1-21-13-22(2)16-27(15-21)34(28-17-23(3)14-24(4)18-28)30-12-8-11-29(30)31-32-26(20-33-31)19-25-9-6-5-7-10-25/h5-18,26,29H,19-20H2,1-4H3/t26-,29?/m0/s1. The molecule has 5 rings (SSSR count). The average Bonchev–Trinajstić information content (AvgIpc) is 3.43. The lowest BCUT2D eigenvalue weighted by atomic mass is 10.1. The summed E-state index contributed by atoms with van der Waals surface area (Å²) in [6.45, 7) is 9.45. The Balaban J connectivity index is 1.50. The normalized spacial score (nSPS) is 19.3. The van der Waals surface area contributed by atoms with Crippen molar-refractivity contribution in [3.05, 3.63) is 118 Å². The first-order chi connectivity index (χ1) is 16.5. The first-order valence-corrected chi connectivity index (χ1v) is 13.4. The van der Waals surface area contributed by atoms with Gasteiger partial charge in [-0.3, -0.25) is 0 Å². The summed E-state index contributed by atoms with van der Waals surface area (Å²) in [5, 5.41) is 4.21. The quantitative estimate of drug-likeness (QED) is 0.383. The molecule has 2 aliphatic rings. The number of rotatable bonds is 6. The number of hydrogen-bond donors (Lipinski definition) is 0. The lowest BCUT2D eigenvalue weighted by molar-refractivity contribution is 0.306. The smallest absolute Gasteiger partial charge is 0.195 e. The van der Waals surface area contributed by atoms with Crippen LogP contribution in [0.5, 0.6) is 0 Å². The molecule has 0 N–H and O–H groups in total. The summed E-state index contributed by atoms with van der Waals surface area (Å²) >= 11 is 0. The lowest BCUT2D eigenvalue weighted by Gasteiger charge is -2.26. The minimum absolute atomic E-state index is 0.105. The minimum Gasteiger partial charge on any atom is -0.478 e. The van der Waals surface area contributed by atoms with Crippen molar-refractivity contribution < 1.29 is 4.74 Å². The van der Waals surface area contributed by atoms with Gasteiger partial charge < -0.3 is 4.74 Å². The third-order valence-corrected chi connectivity index (χ3v) is 8.88. The maximum atomic E-state index is 6.24. The van der Waals surface area contributed by atoms with Gasteiger partial charge in [-0.1, -0.05) is 107 Å². The van der Waals surface area contributed by atoms with Crippen molar-refractivity contribution in [3.63, 3.8) is 0 Å². The summed E-state index contributed by atoms with van der Waals surface area (Å²) < 4.78 is 6.24. The molecule has 2 nitrogen and oxygen atoms in total. The predicted octanol–water partition coefficient (Wildman–Crippen LogP) is 6.46. The van der Waals surface area contributed by atoms with Crippen LogP contribution < -0.4 is 10.6 Å². The topological polar surface area (TPSA) is 21.6 Å². The SMILES string of the molecule is Cc1cc(C)cc(P(C2=CC=CC2C2=N[C@@H](Cc3ccccc3)CO2)c2cc(C)cc(C)c2)c1. The lowest BCUT2D eigenvalue weighted by Crippen LogP contribution is -2.21. The van der Waals surface area contributed by atoms with Gasteiger partial charge in [0.1, 0.15) is 6.61 Å². The van der Waals surface area contributed by atoms with Gasteiger partial charge in [0.15, 0.2) is 5.90 Å². The van der Waals surface area contributed by atoms with Gasteiger partial charge >= 0.3 is 0 Å². The number of ether oxygens (including phenoxy) is 1. The van der Waals surface area contributed by atoms with E-state index in [1.807, 2.05) is 0 Å². The highest BCUT2D eigenvalue weighted by Crippen LogP contribution is 2.50. The Bertz CT molecular complexity index is 1200. The van der Waals surface area contributed by atoms with Crippen LogP contribution in [0.3, 0.4) is 0 Å². The second kappa shape index (κ2) is 9.72. The van der Waals surface area contributed by atoms with Crippen molar-refractivity contribution in [2.45, 2.75) is 40.2 Å². The van der Waals surface area contributed by atoms with E-state index in [9.17, 15) is 0 Å². The first kappa shape index (κ1) is 22.8. The Labute approximate surface area is 204 Å². The summed E-state index contributed by atoms with van der Waals surface area (Å²) in [7, 11) is -0.697. The van der Waals surface area contributed by atoms with E-state index in [-0.39, 0.29) is 12.0 Å². The van der Waals surface area contributed by atoms with Crippen molar-refractivity contribution in [3.8, 4) is 0 Å². The highest BCUT2D eigenvalue weighted by atomic mass is 31.1. The molecule has 3 aromatic carbocycles. The van der Waals surface area contributed by atoms with Crippen LogP contribution in [0.15, 0.2) is 95.3 Å². The van der Waals surface area contributed by atoms with Crippen LogP contribution in [-0.2, 0) is 11.2 Å². The van der Waals surface area contributed by atoms with E-state index < -0.39 is 7.92 Å². The zero-order valence-electron chi connectivity index (χ0n) is 20.5.